The van der Waals surface area contributed by atoms with Gasteiger partial charge in [0.1, 0.15) is 17.4 Å². The number of rotatable bonds is 5. The van der Waals surface area contributed by atoms with Crippen LogP contribution in [0.4, 0.5) is 10.7 Å². The van der Waals surface area contributed by atoms with E-state index in [1.54, 1.807) is 30.5 Å². The average Bonchev–Trinajstić information content (AvgIpc) is 3.25. The van der Waals surface area contributed by atoms with Gasteiger partial charge in [0.2, 0.25) is 5.95 Å². The zero-order valence-electron chi connectivity index (χ0n) is 19.1. The second-order valence-corrected chi connectivity index (χ2v) is 9.22. The number of nitrogens with zero attached hydrogens (tertiary/aromatic N) is 4. The molecule has 0 bridgehead atoms. The summed E-state index contributed by atoms with van der Waals surface area (Å²) in [6.45, 7) is 0. The van der Waals surface area contributed by atoms with E-state index in [4.69, 9.17) is 37.9 Å². The predicted octanol–water partition coefficient (Wildman–Crippen LogP) is 6.25. The smallest absolute Gasteiger partial charge is 0.410 e. The van der Waals surface area contributed by atoms with Crippen LogP contribution in [-0.4, -0.2) is 38.7 Å². The van der Waals surface area contributed by atoms with Gasteiger partial charge in [0.15, 0.2) is 0 Å². The topological polar surface area (TPSA) is 94.0 Å². The normalized spacial score (nSPS) is 14.1. The molecule has 2 aromatic heterocycles. The number of anilines is 1. The van der Waals surface area contributed by atoms with E-state index in [1.165, 1.54) is 26.3 Å². The van der Waals surface area contributed by atoms with Crippen molar-refractivity contribution in [3.05, 3.63) is 58.7 Å². The monoisotopic (exact) mass is 510 g/mol. The fourth-order valence-electron chi connectivity index (χ4n) is 4.32. The number of carbonyl (C=O) groups is 1. The Hall–Kier alpha value is -3.36. The van der Waals surface area contributed by atoms with Crippen molar-refractivity contribution in [2.24, 2.45) is 0 Å². The molecular weight excluding hydrogens is 487 g/mol. The molecule has 180 valence electrons. The Kier molecular flexibility index (Phi) is 6.74. The summed E-state index contributed by atoms with van der Waals surface area (Å²) >= 11 is 12.5. The number of nitrogens with one attached hydrogen (secondary N) is 2. The number of imidazole rings is 1. The first-order chi connectivity index (χ1) is 17.0. The van der Waals surface area contributed by atoms with Gasteiger partial charge in [-0.25, -0.2) is 14.8 Å². The molecule has 2 aromatic carbocycles. The molecule has 0 saturated heterocycles. The summed E-state index contributed by atoms with van der Waals surface area (Å²) in [6, 6.07) is 12.8. The fraction of sp³-hybridized carbons (Fsp3) is 0.280. The Bertz CT molecular complexity index is 1380. The van der Waals surface area contributed by atoms with Crippen molar-refractivity contribution >= 4 is 46.3 Å². The van der Waals surface area contributed by atoms with Gasteiger partial charge in [-0.15, -0.1) is 0 Å². The molecular formula is C25H24Cl2N6O2. The minimum Gasteiger partial charge on any atom is -0.410 e. The highest BCUT2D eigenvalue weighted by Crippen LogP contribution is 2.33. The molecule has 1 amide bonds. The Morgan fingerprint density at radius 2 is 1.86 bits per heavy atom. The molecule has 5 rings (SSSR count). The third-order valence-corrected chi connectivity index (χ3v) is 6.77. The van der Waals surface area contributed by atoms with Crippen LogP contribution in [-0.2, 0) is 0 Å². The molecule has 0 unspecified atom stereocenters. The Balaban J connectivity index is 1.61. The summed E-state index contributed by atoms with van der Waals surface area (Å²) < 4.78 is 7.23. The molecule has 2 heterocycles. The van der Waals surface area contributed by atoms with Gasteiger partial charge < -0.3 is 15.4 Å². The highest BCUT2D eigenvalue weighted by atomic mass is 35.5. The van der Waals surface area contributed by atoms with Crippen LogP contribution in [0.2, 0.25) is 10.0 Å². The first-order valence-electron chi connectivity index (χ1n) is 11.5. The quantitative estimate of drug-likeness (QED) is 0.329. The van der Waals surface area contributed by atoms with Crippen LogP contribution in [0.3, 0.4) is 0 Å². The summed E-state index contributed by atoms with van der Waals surface area (Å²) in [7, 11) is 1.51. The van der Waals surface area contributed by atoms with E-state index in [0.29, 0.717) is 44.9 Å². The van der Waals surface area contributed by atoms with Crippen molar-refractivity contribution < 1.29 is 9.53 Å². The standard InChI is InChI=1S/C25H24Cl2N6O2/c1-28-25(34)35-17-8-10-21-20(14-17)31-23(15-7-9-18(26)19(27)13-15)33(21)22-11-12-29-24(32-22)30-16-5-3-2-4-6-16/h7-14,16H,2-6H2,1H3,(H,28,34)(H,29,30,32). The first-order valence-corrected chi connectivity index (χ1v) is 12.2. The van der Waals surface area contributed by atoms with E-state index in [2.05, 4.69) is 15.6 Å². The summed E-state index contributed by atoms with van der Waals surface area (Å²) in [4.78, 5) is 25.8. The minimum absolute atomic E-state index is 0.373. The molecule has 1 aliphatic rings. The van der Waals surface area contributed by atoms with Crippen LogP contribution in [0, 0.1) is 0 Å². The number of ether oxygens (including phenoxy) is 1. The van der Waals surface area contributed by atoms with Crippen molar-refractivity contribution in [3.63, 3.8) is 0 Å². The molecule has 1 aliphatic carbocycles. The van der Waals surface area contributed by atoms with E-state index in [-0.39, 0.29) is 0 Å². The average molecular weight is 511 g/mol. The van der Waals surface area contributed by atoms with Gasteiger partial charge in [-0.1, -0.05) is 42.5 Å². The van der Waals surface area contributed by atoms with Gasteiger partial charge in [-0.3, -0.25) is 4.57 Å². The number of hydrogen-bond acceptors (Lipinski definition) is 6. The van der Waals surface area contributed by atoms with Gasteiger partial charge >= 0.3 is 6.09 Å². The number of hydrogen-bond donors (Lipinski definition) is 2. The second-order valence-electron chi connectivity index (χ2n) is 8.41. The van der Waals surface area contributed by atoms with Crippen molar-refractivity contribution in [3.8, 4) is 23.0 Å². The second kappa shape index (κ2) is 10.1. The van der Waals surface area contributed by atoms with E-state index in [0.717, 1.165) is 23.9 Å². The van der Waals surface area contributed by atoms with Crippen LogP contribution in [0.5, 0.6) is 5.75 Å². The SMILES string of the molecule is CNC(=O)Oc1ccc2c(c1)nc(-c1ccc(Cl)c(Cl)c1)n2-c1ccnc(NC2CCCCC2)n1. The first kappa shape index (κ1) is 23.4. The maximum absolute atomic E-state index is 11.7. The molecule has 35 heavy (non-hydrogen) atoms. The van der Waals surface area contributed by atoms with E-state index in [1.807, 2.05) is 22.8 Å². The van der Waals surface area contributed by atoms with E-state index >= 15 is 0 Å². The number of amides is 1. The van der Waals surface area contributed by atoms with Crippen molar-refractivity contribution in [2.75, 3.05) is 12.4 Å². The predicted molar refractivity (Wildman–Crippen MR) is 138 cm³/mol. The largest absolute Gasteiger partial charge is 0.412 e. The molecule has 2 N–H and O–H groups in total. The summed E-state index contributed by atoms with van der Waals surface area (Å²) in [6.07, 6.45) is 7.12. The van der Waals surface area contributed by atoms with Crippen LogP contribution < -0.4 is 15.4 Å². The van der Waals surface area contributed by atoms with Crippen molar-refractivity contribution in [1.29, 1.82) is 0 Å². The molecule has 1 fully saturated rings. The number of aromatic nitrogens is 4. The fourth-order valence-corrected chi connectivity index (χ4v) is 4.61. The number of fused-ring (bicyclic) bond motifs is 1. The zero-order valence-corrected chi connectivity index (χ0v) is 20.6. The van der Waals surface area contributed by atoms with Crippen LogP contribution in [0.1, 0.15) is 32.1 Å². The van der Waals surface area contributed by atoms with Gasteiger partial charge in [-0.05, 0) is 49.2 Å². The van der Waals surface area contributed by atoms with Gasteiger partial charge in [0.25, 0.3) is 0 Å². The lowest BCUT2D eigenvalue weighted by Gasteiger charge is -2.22. The lowest BCUT2D eigenvalue weighted by molar-refractivity contribution is 0.203. The van der Waals surface area contributed by atoms with Gasteiger partial charge in [-0.2, -0.15) is 4.98 Å². The molecule has 1 saturated carbocycles. The van der Waals surface area contributed by atoms with Crippen LogP contribution in [0.25, 0.3) is 28.2 Å². The molecule has 4 aromatic rings. The molecule has 0 radical (unpaired) electrons. The molecule has 0 atom stereocenters. The molecule has 0 aliphatic heterocycles. The highest BCUT2D eigenvalue weighted by molar-refractivity contribution is 6.42. The summed E-state index contributed by atoms with van der Waals surface area (Å²) in [5.74, 6) is 2.24. The Labute approximate surface area is 212 Å². The zero-order chi connectivity index (χ0) is 24.4. The van der Waals surface area contributed by atoms with Crippen LogP contribution in [0.15, 0.2) is 48.7 Å². The molecule has 8 nitrogen and oxygen atoms in total. The maximum atomic E-state index is 11.7. The lowest BCUT2D eigenvalue weighted by Crippen LogP contribution is -2.23. The van der Waals surface area contributed by atoms with Gasteiger partial charge in [0, 0.05) is 30.9 Å². The van der Waals surface area contributed by atoms with Crippen LogP contribution >= 0.6 is 23.2 Å². The van der Waals surface area contributed by atoms with Gasteiger partial charge in [0.05, 0.1) is 21.1 Å². The third-order valence-electron chi connectivity index (χ3n) is 6.03. The summed E-state index contributed by atoms with van der Waals surface area (Å²) in [5.41, 5.74) is 2.19. The van der Waals surface area contributed by atoms with E-state index < -0.39 is 6.09 Å². The third kappa shape index (κ3) is 5.04. The van der Waals surface area contributed by atoms with E-state index in [9.17, 15) is 4.79 Å². The Morgan fingerprint density at radius 1 is 1.03 bits per heavy atom. The van der Waals surface area contributed by atoms with Crippen molar-refractivity contribution in [2.45, 2.75) is 38.1 Å². The summed E-state index contributed by atoms with van der Waals surface area (Å²) in [5, 5.41) is 6.81. The number of benzene rings is 2. The lowest BCUT2D eigenvalue weighted by atomic mass is 9.96. The minimum atomic E-state index is -0.553. The number of carbonyl (C=O) groups excluding carboxylic acids is 1. The highest BCUT2D eigenvalue weighted by Gasteiger charge is 2.19. The number of halogens is 2. The molecule has 10 heteroatoms. The maximum Gasteiger partial charge on any atom is 0.412 e. The van der Waals surface area contributed by atoms with Crippen molar-refractivity contribution in [1.82, 2.24) is 24.8 Å². The molecule has 0 spiro atoms. The Morgan fingerprint density at radius 3 is 2.63 bits per heavy atom.